The maximum absolute atomic E-state index is 14.7. The molecule has 2 aromatic rings. The fraction of sp³-hybridized carbons (Fsp3) is 0.500. The summed E-state index contributed by atoms with van der Waals surface area (Å²) in [5, 5.41) is 6.92. The summed E-state index contributed by atoms with van der Waals surface area (Å²) in [4.78, 5) is 0. The van der Waals surface area contributed by atoms with Crippen molar-refractivity contribution >= 4 is 17.7 Å². The van der Waals surface area contributed by atoms with Crippen molar-refractivity contribution in [3.05, 3.63) is 58.7 Å². The topological polar surface area (TPSA) is 38.7 Å². The first kappa shape index (κ1) is 30.9. The van der Waals surface area contributed by atoms with Crippen molar-refractivity contribution in [1.29, 1.82) is 0 Å². The van der Waals surface area contributed by atoms with Gasteiger partial charge in [0, 0.05) is 0 Å². The van der Waals surface area contributed by atoms with E-state index in [0.717, 1.165) is 26.0 Å². The van der Waals surface area contributed by atoms with Crippen molar-refractivity contribution in [1.82, 2.24) is 0 Å². The van der Waals surface area contributed by atoms with Crippen LogP contribution in [0.4, 0.5) is 52.7 Å². The molecule has 0 radical (unpaired) electrons. The molecule has 0 atom stereocenters. The summed E-state index contributed by atoms with van der Waals surface area (Å²) in [6.45, 7) is 1.48. The van der Waals surface area contributed by atoms with Gasteiger partial charge in [-0.05, 0) is 0 Å². The van der Waals surface area contributed by atoms with E-state index >= 15 is 0 Å². The van der Waals surface area contributed by atoms with E-state index in [9.17, 15) is 57.8 Å². The Bertz CT molecular complexity index is 1200. The van der Waals surface area contributed by atoms with Crippen LogP contribution >= 0.6 is 7.06 Å². The summed E-state index contributed by atoms with van der Waals surface area (Å²) in [5.74, 6) is 0. The standard InChI is InChI=1S/C24H21F12O3P/c1-13-5-7-17-15(11-13)19(21(25,26)27,22(28,29)30)38-40(17,10-4-3-9-37)18-8-6-14(2)12-16(18)20(39-40,23(31,32)33)24(34,35)36/h5-8,11-12,37H,3-4,9-10H2,1-2H3. The summed E-state index contributed by atoms with van der Waals surface area (Å²) in [6, 6.07) is 3.94. The quantitative estimate of drug-likeness (QED) is 0.226. The Morgan fingerprint density at radius 1 is 0.625 bits per heavy atom. The molecule has 16 heteroatoms. The molecule has 0 aliphatic carbocycles. The minimum atomic E-state index is -6.68. The van der Waals surface area contributed by atoms with E-state index in [4.69, 9.17) is 9.05 Å². The summed E-state index contributed by atoms with van der Waals surface area (Å²) in [5.41, 5.74) is -14.4. The molecule has 2 aliphatic rings. The number of aliphatic hydroxyl groups excluding tert-OH is 1. The number of benzene rings is 2. The zero-order valence-corrected chi connectivity index (χ0v) is 21.4. The van der Waals surface area contributed by atoms with Crippen molar-refractivity contribution in [3.8, 4) is 0 Å². The summed E-state index contributed by atoms with van der Waals surface area (Å²) < 4.78 is 186. The van der Waals surface area contributed by atoms with E-state index in [1.54, 1.807) is 0 Å². The molecular weight excluding hydrogens is 595 g/mol. The number of halogens is 12. The van der Waals surface area contributed by atoms with Crippen molar-refractivity contribution in [2.75, 3.05) is 12.8 Å². The van der Waals surface area contributed by atoms with Crippen molar-refractivity contribution in [2.24, 2.45) is 0 Å². The van der Waals surface area contributed by atoms with Crippen LogP contribution in [-0.4, -0.2) is 42.6 Å². The van der Waals surface area contributed by atoms with Gasteiger partial charge in [-0.25, -0.2) is 0 Å². The number of unbranched alkanes of at least 4 members (excludes halogenated alkanes) is 1. The van der Waals surface area contributed by atoms with E-state index in [1.807, 2.05) is 0 Å². The fourth-order valence-corrected chi connectivity index (χ4v) is 11.8. The minimum absolute atomic E-state index is 0.199. The van der Waals surface area contributed by atoms with Gasteiger partial charge in [0.15, 0.2) is 0 Å². The molecule has 1 spiro atoms. The molecule has 2 heterocycles. The molecule has 4 rings (SSSR count). The van der Waals surface area contributed by atoms with Gasteiger partial charge in [0.2, 0.25) is 0 Å². The van der Waals surface area contributed by atoms with Gasteiger partial charge in [0.25, 0.3) is 0 Å². The molecule has 2 aromatic carbocycles. The van der Waals surface area contributed by atoms with Gasteiger partial charge in [-0.2, -0.15) is 0 Å². The molecule has 0 aromatic heterocycles. The number of aliphatic hydroxyl groups is 1. The Labute approximate surface area is 219 Å². The molecule has 224 valence electrons. The predicted molar refractivity (Wildman–Crippen MR) is 119 cm³/mol. The molecule has 40 heavy (non-hydrogen) atoms. The summed E-state index contributed by atoms with van der Waals surface area (Å²) >= 11 is 0. The first-order chi connectivity index (χ1) is 18.0. The molecule has 0 amide bonds. The van der Waals surface area contributed by atoms with Crippen LogP contribution in [0.1, 0.15) is 35.1 Å². The molecule has 3 nitrogen and oxygen atoms in total. The third-order valence-corrected chi connectivity index (χ3v) is 12.4. The number of rotatable bonds is 4. The molecule has 1 N–H and O–H groups in total. The van der Waals surface area contributed by atoms with Crippen LogP contribution in [0.15, 0.2) is 36.4 Å². The zero-order valence-electron chi connectivity index (χ0n) is 20.5. The van der Waals surface area contributed by atoms with Crippen molar-refractivity contribution < 1.29 is 66.8 Å². The third kappa shape index (κ3) is 3.69. The number of hydrogen-bond acceptors (Lipinski definition) is 3. The average molecular weight is 616 g/mol. The first-order valence-electron chi connectivity index (χ1n) is 11.6. The van der Waals surface area contributed by atoms with Gasteiger partial charge in [0.1, 0.15) is 0 Å². The normalized spacial score (nSPS) is 22.0. The monoisotopic (exact) mass is 616 g/mol. The summed E-state index contributed by atoms with van der Waals surface area (Å²) in [7, 11) is -6.68. The predicted octanol–water partition coefficient (Wildman–Crippen LogP) is 7.11. The number of alkyl halides is 12. The van der Waals surface area contributed by atoms with E-state index in [0.29, 0.717) is 24.3 Å². The van der Waals surface area contributed by atoms with Gasteiger partial charge in [0.05, 0.1) is 0 Å². The van der Waals surface area contributed by atoms with Crippen LogP contribution in [0.2, 0.25) is 0 Å². The zero-order chi connectivity index (χ0) is 30.4. The van der Waals surface area contributed by atoms with Gasteiger partial charge in [-0.3, -0.25) is 0 Å². The molecular formula is C24H21F12O3P. The molecule has 0 saturated heterocycles. The second-order valence-electron chi connectivity index (χ2n) is 9.86. The van der Waals surface area contributed by atoms with Crippen LogP contribution in [0.3, 0.4) is 0 Å². The second kappa shape index (κ2) is 8.71. The van der Waals surface area contributed by atoms with Gasteiger partial charge < -0.3 is 0 Å². The second-order valence-corrected chi connectivity index (χ2v) is 13.9. The van der Waals surface area contributed by atoms with Gasteiger partial charge in [-0.15, -0.1) is 0 Å². The van der Waals surface area contributed by atoms with Crippen LogP contribution in [-0.2, 0) is 20.2 Å². The Balaban J connectivity index is 2.31. The van der Waals surface area contributed by atoms with Crippen molar-refractivity contribution in [2.45, 2.75) is 62.6 Å². The Morgan fingerprint density at radius 2 is 0.975 bits per heavy atom. The average Bonchev–Trinajstić information content (AvgIpc) is 3.20. The number of hydrogen-bond donors (Lipinski definition) is 1. The van der Waals surface area contributed by atoms with E-state index in [2.05, 4.69) is 0 Å². The molecule has 0 fully saturated rings. The molecule has 2 aliphatic heterocycles. The molecule has 0 bridgehead atoms. The Hall–Kier alpha value is -2.09. The third-order valence-electron chi connectivity index (χ3n) is 7.27. The Morgan fingerprint density at radius 3 is 1.27 bits per heavy atom. The van der Waals surface area contributed by atoms with Crippen LogP contribution in [0.5, 0.6) is 0 Å². The molecule has 0 saturated carbocycles. The van der Waals surface area contributed by atoms with Crippen molar-refractivity contribution in [3.63, 3.8) is 0 Å². The van der Waals surface area contributed by atoms with Crippen LogP contribution in [0.25, 0.3) is 0 Å². The molecule has 0 unspecified atom stereocenters. The van der Waals surface area contributed by atoms with Gasteiger partial charge >= 0.3 is 219 Å². The fourth-order valence-electron chi connectivity index (χ4n) is 5.66. The van der Waals surface area contributed by atoms with E-state index in [-0.39, 0.29) is 11.1 Å². The maximum atomic E-state index is 14.7. The Kier molecular flexibility index (Phi) is 6.72. The van der Waals surface area contributed by atoms with Crippen LogP contribution in [0, 0.1) is 13.8 Å². The number of fused-ring (bicyclic) bond motifs is 4. The van der Waals surface area contributed by atoms with E-state index < -0.39 is 90.3 Å². The van der Waals surface area contributed by atoms with Crippen LogP contribution < -0.4 is 10.6 Å². The summed E-state index contributed by atoms with van der Waals surface area (Å²) in [6.07, 6.45) is -27.9. The number of aryl methyl sites for hydroxylation is 2. The van der Waals surface area contributed by atoms with Gasteiger partial charge in [-0.1, -0.05) is 0 Å². The first-order valence-corrected chi connectivity index (χ1v) is 13.9. The van der Waals surface area contributed by atoms with E-state index in [1.165, 1.54) is 0 Å². The SMILES string of the molecule is Cc1ccc2c(c1)C(C(F)(F)F)(C(F)(F)F)OP21(CCCCO)OC(C(F)(F)F)(C(F)(F)F)c2cc(C)ccc21.